The fraction of sp³-hybridized carbons (Fsp3) is 0.368. The highest BCUT2D eigenvalue weighted by atomic mass is 35.5. The third kappa shape index (κ3) is 2.73. The highest BCUT2D eigenvalue weighted by Gasteiger charge is 2.36. The van der Waals surface area contributed by atoms with Crippen molar-refractivity contribution in [2.45, 2.75) is 38.0 Å². The molecule has 0 saturated carbocycles. The van der Waals surface area contributed by atoms with Gasteiger partial charge in [-0.3, -0.25) is 0 Å². The van der Waals surface area contributed by atoms with E-state index in [0.717, 1.165) is 36.3 Å². The smallest absolute Gasteiger partial charge is 0.0531 e. The number of hydrogen-bond donors (Lipinski definition) is 1. The summed E-state index contributed by atoms with van der Waals surface area (Å²) in [7, 11) is 0. The number of aliphatic hydroxyl groups is 1. The molecule has 0 aliphatic heterocycles. The van der Waals surface area contributed by atoms with E-state index < -0.39 is 0 Å². The van der Waals surface area contributed by atoms with Crippen LogP contribution in [0.3, 0.4) is 0 Å². The predicted octanol–water partition coefficient (Wildman–Crippen LogP) is 4.46. The second kappa shape index (κ2) is 5.82. The van der Waals surface area contributed by atoms with Gasteiger partial charge in [0.05, 0.1) is 6.61 Å². The van der Waals surface area contributed by atoms with E-state index in [2.05, 4.69) is 36.4 Å². The van der Waals surface area contributed by atoms with Crippen molar-refractivity contribution in [1.82, 2.24) is 0 Å². The summed E-state index contributed by atoms with van der Waals surface area (Å²) in [5.74, 6) is 0. The van der Waals surface area contributed by atoms with Crippen molar-refractivity contribution in [1.29, 1.82) is 0 Å². The van der Waals surface area contributed by atoms with Gasteiger partial charge >= 0.3 is 0 Å². The fourth-order valence-corrected chi connectivity index (χ4v) is 3.87. The molecule has 3 rings (SSSR count). The topological polar surface area (TPSA) is 20.2 Å². The van der Waals surface area contributed by atoms with E-state index in [0.29, 0.717) is 0 Å². The van der Waals surface area contributed by atoms with Crippen molar-refractivity contribution in [2.75, 3.05) is 6.61 Å². The van der Waals surface area contributed by atoms with E-state index >= 15 is 0 Å². The van der Waals surface area contributed by atoms with Crippen LogP contribution < -0.4 is 0 Å². The molecule has 1 aliphatic carbocycles. The number of rotatable bonds is 3. The average Bonchev–Trinajstić information content (AvgIpc) is 2.50. The van der Waals surface area contributed by atoms with Gasteiger partial charge in [-0.05, 0) is 60.9 Å². The zero-order valence-corrected chi connectivity index (χ0v) is 13.2. The van der Waals surface area contributed by atoms with Gasteiger partial charge in [-0.2, -0.15) is 0 Å². The van der Waals surface area contributed by atoms with Crippen LogP contribution in [0.5, 0.6) is 0 Å². The standard InChI is InChI=1S/C19H21ClO/c1-14-8-9-16(18(20)11-14)12-19(13-21)10-4-6-15-5-2-3-7-17(15)19/h2-3,5,7-9,11,21H,4,6,10,12-13H2,1H3. The van der Waals surface area contributed by atoms with Crippen molar-refractivity contribution in [3.63, 3.8) is 0 Å². The number of halogens is 1. The van der Waals surface area contributed by atoms with Gasteiger partial charge in [0.15, 0.2) is 0 Å². The lowest BCUT2D eigenvalue weighted by molar-refractivity contribution is 0.173. The van der Waals surface area contributed by atoms with E-state index in [1.165, 1.54) is 16.7 Å². The molecule has 0 aromatic heterocycles. The maximum atomic E-state index is 10.2. The van der Waals surface area contributed by atoms with Crippen LogP contribution in [0.2, 0.25) is 5.02 Å². The van der Waals surface area contributed by atoms with E-state index in [1.54, 1.807) is 0 Å². The normalized spacial score (nSPS) is 21.1. The first-order chi connectivity index (χ1) is 10.1. The van der Waals surface area contributed by atoms with Crippen molar-refractivity contribution >= 4 is 11.6 Å². The van der Waals surface area contributed by atoms with Gasteiger partial charge < -0.3 is 5.11 Å². The Morgan fingerprint density at radius 3 is 2.76 bits per heavy atom. The lowest BCUT2D eigenvalue weighted by Crippen LogP contribution is -2.37. The maximum absolute atomic E-state index is 10.2. The van der Waals surface area contributed by atoms with E-state index in [9.17, 15) is 5.11 Å². The molecule has 0 radical (unpaired) electrons. The Morgan fingerprint density at radius 1 is 1.19 bits per heavy atom. The molecular formula is C19H21ClO. The molecule has 21 heavy (non-hydrogen) atoms. The maximum Gasteiger partial charge on any atom is 0.0531 e. The Kier molecular flexibility index (Phi) is 4.05. The third-order valence-corrected chi connectivity index (χ3v) is 5.08. The second-order valence-corrected chi connectivity index (χ2v) is 6.63. The second-order valence-electron chi connectivity index (χ2n) is 6.22. The molecule has 0 fully saturated rings. The van der Waals surface area contributed by atoms with E-state index in [-0.39, 0.29) is 12.0 Å². The SMILES string of the molecule is Cc1ccc(CC2(CO)CCCc3ccccc32)c(Cl)c1. The minimum Gasteiger partial charge on any atom is -0.395 e. The Labute approximate surface area is 131 Å². The van der Waals surface area contributed by atoms with Gasteiger partial charge in [0, 0.05) is 10.4 Å². The molecule has 2 aromatic carbocycles. The average molecular weight is 301 g/mol. The van der Waals surface area contributed by atoms with Crippen LogP contribution in [-0.2, 0) is 18.3 Å². The Bertz CT molecular complexity index is 650. The van der Waals surface area contributed by atoms with Gasteiger partial charge in [-0.15, -0.1) is 0 Å². The Balaban J connectivity index is 2.02. The summed E-state index contributed by atoms with van der Waals surface area (Å²) in [6.45, 7) is 2.22. The summed E-state index contributed by atoms with van der Waals surface area (Å²) in [6.07, 6.45) is 4.06. The minimum absolute atomic E-state index is 0.175. The van der Waals surface area contributed by atoms with Crippen LogP contribution >= 0.6 is 11.6 Å². The molecule has 1 unspecified atom stereocenters. The quantitative estimate of drug-likeness (QED) is 0.887. The zero-order valence-electron chi connectivity index (χ0n) is 12.4. The lowest BCUT2D eigenvalue weighted by Gasteiger charge is -2.38. The van der Waals surface area contributed by atoms with Gasteiger partial charge in [0.2, 0.25) is 0 Å². The van der Waals surface area contributed by atoms with Gasteiger partial charge in [-0.1, -0.05) is 48.0 Å². The van der Waals surface area contributed by atoms with Crippen LogP contribution in [0.25, 0.3) is 0 Å². The largest absolute Gasteiger partial charge is 0.395 e. The molecule has 0 heterocycles. The summed E-state index contributed by atoms with van der Waals surface area (Å²) < 4.78 is 0. The molecule has 1 N–H and O–H groups in total. The molecule has 1 nitrogen and oxygen atoms in total. The molecule has 0 amide bonds. The lowest BCUT2D eigenvalue weighted by atomic mass is 9.67. The fourth-order valence-electron chi connectivity index (χ4n) is 3.57. The molecule has 110 valence electrons. The van der Waals surface area contributed by atoms with Crippen molar-refractivity contribution in [3.8, 4) is 0 Å². The van der Waals surface area contributed by atoms with Crippen molar-refractivity contribution in [3.05, 3.63) is 69.7 Å². The minimum atomic E-state index is -0.187. The first-order valence-electron chi connectivity index (χ1n) is 7.59. The summed E-state index contributed by atoms with van der Waals surface area (Å²) in [5.41, 5.74) is 4.79. The number of benzene rings is 2. The van der Waals surface area contributed by atoms with Gasteiger partial charge in [-0.25, -0.2) is 0 Å². The highest BCUT2D eigenvalue weighted by molar-refractivity contribution is 6.31. The summed E-state index contributed by atoms with van der Waals surface area (Å²) in [6, 6.07) is 14.7. The summed E-state index contributed by atoms with van der Waals surface area (Å²) >= 11 is 6.41. The van der Waals surface area contributed by atoms with Crippen LogP contribution in [0.4, 0.5) is 0 Å². The molecule has 2 heteroatoms. The highest BCUT2D eigenvalue weighted by Crippen LogP contribution is 2.40. The number of fused-ring (bicyclic) bond motifs is 1. The zero-order chi connectivity index (χ0) is 14.9. The van der Waals surface area contributed by atoms with Crippen LogP contribution in [0.1, 0.15) is 35.1 Å². The van der Waals surface area contributed by atoms with Crippen LogP contribution in [0, 0.1) is 6.92 Å². The predicted molar refractivity (Wildman–Crippen MR) is 88.0 cm³/mol. The van der Waals surface area contributed by atoms with Crippen LogP contribution in [-0.4, -0.2) is 11.7 Å². The number of aliphatic hydroxyl groups excluding tert-OH is 1. The number of aryl methyl sites for hydroxylation is 2. The molecule has 2 aromatic rings. The monoisotopic (exact) mass is 300 g/mol. The molecule has 1 atom stereocenters. The molecule has 0 spiro atoms. The first kappa shape index (κ1) is 14.6. The molecule has 0 saturated heterocycles. The summed E-state index contributed by atoms with van der Waals surface area (Å²) in [4.78, 5) is 0. The number of hydrogen-bond acceptors (Lipinski definition) is 1. The van der Waals surface area contributed by atoms with Gasteiger partial charge in [0.1, 0.15) is 0 Å². The molecular weight excluding hydrogens is 280 g/mol. The molecule has 1 aliphatic rings. The molecule has 0 bridgehead atoms. The third-order valence-electron chi connectivity index (χ3n) is 4.73. The summed E-state index contributed by atoms with van der Waals surface area (Å²) in [5, 5.41) is 11.0. The van der Waals surface area contributed by atoms with E-state index in [4.69, 9.17) is 11.6 Å². The first-order valence-corrected chi connectivity index (χ1v) is 7.97. The van der Waals surface area contributed by atoms with Gasteiger partial charge in [0.25, 0.3) is 0 Å². The van der Waals surface area contributed by atoms with Crippen molar-refractivity contribution in [2.24, 2.45) is 0 Å². The van der Waals surface area contributed by atoms with E-state index in [1.807, 2.05) is 13.0 Å². The van der Waals surface area contributed by atoms with Crippen LogP contribution in [0.15, 0.2) is 42.5 Å². The van der Waals surface area contributed by atoms with Crippen molar-refractivity contribution < 1.29 is 5.11 Å². The Morgan fingerprint density at radius 2 is 2.00 bits per heavy atom. The Hall–Kier alpha value is -1.31.